The van der Waals surface area contributed by atoms with Gasteiger partial charge >= 0.3 is 0 Å². The van der Waals surface area contributed by atoms with Crippen LogP contribution in [0.25, 0.3) is 0 Å². The van der Waals surface area contributed by atoms with Crippen LogP contribution in [0, 0.1) is 17.2 Å². The molecule has 0 saturated heterocycles. The van der Waals surface area contributed by atoms with Crippen molar-refractivity contribution in [3.8, 4) is 6.07 Å². The van der Waals surface area contributed by atoms with Crippen LogP contribution < -0.4 is 5.32 Å². The maximum atomic E-state index is 11.9. The van der Waals surface area contributed by atoms with Crippen LogP contribution in [-0.2, 0) is 4.79 Å². The minimum atomic E-state index is -0.777. The number of amides is 1. The first-order valence-corrected chi connectivity index (χ1v) is 5.82. The molecule has 1 aromatic carbocycles. The largest absolute Gasteiger partial charge is 0.338 e. The molecule has 0 bridgehead atoms. The number of nitrogens with zero attached hydrogens (tertiary/aromatic N) is 1. The van der Waals surface area contributed by atoms with Gasteiger partial charge in [-0.15, -0.1) is 0 Å². The monoisotopic (exact) mass is 228 g/mol. The molecular weight excluding hydrogens is 212 g/mol. The Balaban J connectivity index is 1.96. The summed E-state index contributed by atoms with van der Waals surface area (Å²) in [5.41, 5.74) is 0.434. The fourth-order valence-corrected chi connectivity index (χ4v) is 1.98. The van der Waals surface area contributed by atoms with Crippen LogP contribution in [0.4, 0.5) is 0 Å². The Kier molecular flexibility index (Phi) is 2.89. The van der Waals surface area contributed by atoms with E-state index in [-0.39, 0.29) is 11.8 Å². The lowest BCUT2D eigenvalue weighted by Crippen LogP contribution is -2.43. The maximum absolute atomic E-state index is 11.9. The van der Waals surface area contributed by atoms with Gasteiger partial charge in [0.2, 0.25) is 5.91 Å². The lowest BCUT2D eigenvalue weighted by molar-refractivity contribution is -0.123. The third kappa shape index (κ3) is 2.65. The summed E-state index contributed by atoms with van der Waals surface area (Å²) in [6, 6.07) is 12.1. The van der Waals surface area contributed by atoms with Crippen molar-refractivity contribution >= 4 is 5.91 Å². The van der Waals surface area contributed by atoms with Crippen molar-refractivity contribution in [1.29, 1.82) is 5.26 Å². The van der Waals surface area contributed by atoms with Gasteiger partial charge in [0.05, 0.1) is 6.07 Å². The van der Waals surface area contributed by atoms with Crippen LogP contribution in [0.2, 0.25) is 0 Å². The van der Waals surface area contributed by atoms with E-state index >= 15 is 0 Å². The first kappa shape index (κ1) is 11.7. The number of nitriles is 1. The summed E-state index contributed by atoms with van der Waals surface area (Å²) in [5, 5.41) is 11.6. The lowest BCUT2D eigenvalue weighted by atomic mass is 10.1. The van der Waals surface area contributed by atoms with E-state index < -0.39 is 5.54 Å². The molecule has 2 unspecified atom stereocenters. The standard InChI is InChI=1S/C14H16N2O/c1-14(2,9-15)16-13(17)12-8-11(12)10-6-4-3-5-7-10/h3-7,11-12H,8H2,1-2H3,(H,16,17). The van der Waals surface area contributed by atoms with Crippen LogP contribution in [0.1, 0.15) is 31.7 Å². The summed E-state index contributed by atoms with van der Waals surface area (Å²) in [6.45, 7) is 3.43. The zero-order chi connectivity index (χ0) is 12.5. The molecule has 1 N–H and O–H groups in total. The van der Waals surface area contributed by atoms with Gasteiger partial charge in [-0.1, -0.05) is 30.3 Å². The smallest absolute Gasteiger partial charge is 0.224 e. The Bertz CT molecular complexity index is 459. The summed E-state index contributed by atoms with van der Waals surface area (Å²) in [6.07, 6.45) is 0.886. The molecular formula is C14H16N2O. The number of carbonyl (C=O) groups is 1. The van der Waals surface area contributed by atoms with Gasteiger partial charge in [0.15, 0.2) is 0 Å². The first-order chi connectivity index (χ1) is 8.03. The van der Waals surface area contributed by atoms with Gasteiger partial charge < -0.3 is 5.32 Å². The second kappa shape index (κ2) is 4.21. The molecule has 0 spiro atoms. The molecule has 17 heavy (non-hydrogen) atoms. The fraction of sp³-hybridized carbons (Fsp3) is 0.429. The van der Waals surface area contributed by atoms with Crippen molar-refractivity contribution in [3.63, 3.8) is 0 Å². The average Bonchev–Trinajstić information content (AvgIpc) is 3.10. The Morgan fingerprint density at radius 3 is 2.65 bits per heavy atom. The zero-order valence-electron chi connectivity index (χ0n) is 10.1. The van der Waals surface area contributed by atoms with E-state index in [9.17, 15) is 4.79 Å². The van der Waals surface area contributed by atoms with E-state index in [0.717, 1.165) is 6.42 Å². The van der Waals surface area contributed by atoms with Crippen LogP contribution in [0.5, 0.6) is 0 Å². The summed E-state index contributed by atoms with van der Waals surface area (Å²) in [5.74, 6) is 0.348. The molecule has 0 radical (unpaired) electrons. The molecule has 1 aromatic rings. The third-order valence-electron chi connectivity index (χ3n) is 3.07. The van der Waals surface area contributed by atoms with Crippen molar-refractivity contribution in [2.45, 2.75) is 31.7 Å². The van der Waals surface area contributed by atoms with E-state index in [2.05, 4.69) is 11.4 Å². The molecule has 1 aliphatic carbocycles. The molecule has 3 nitrogen and oxygen atoms in total. The predicted octanol–water partition coefficient (Wildman–Crippen LogP) is 2.21. The Morgan fingerprint density at radius 2 is 2.06 bits per heavy atom. The second-order valence-corrected chi connectivity index (χ2v) is 5.09. The Morgan fingerprint density at radius 1 is 1.41 bits per heavy atom. The summed E-state index contributed by atoms with van der Waals surface area (Å²) >= 11 is 0. The maximum Gasteiger partial charge on any atom is 0.224 e. The van der Waals surface area contributed by atoms with Crippen molar-refractivity contribution in [2.75, 3.05) is 0 Å². The van der Waals surface area contributed by atoms with Gasteiger partial charge in [0.1, 0.15) is 5.54 Å². The summed E-state index contributed by atoms with van der Waals surface area (Å²) in [4.78, 5) is 11.9. The van der Waals surface area contributed by atoms with Gasteiger partial charge in [-0.25, -0.2) is 0 Å². The minimum absolute atomic E-state index is 0.00889. The number of benzene rings is 1. The van der Waals surface area contributed by atoms with Gasteiger partial charge in [0, 0.05) is 5.92 Å². The molecule has 0 aliphatic heterocycles. The molecule has 1 saturated carbocycles. The number of nitrogens with one attached hydrogen (secondary N) is 1. The highest BCUT2D eigenvalue weighted by atomic mass is 16.2. The number of rotatable bonds is 3. The number of hydrogen-bond donors (Lipinski definition) is 1. The van der Waals surface area contributed by atoms with E-state index in [1.807, 2.05) is 30.3 Å². The molecule has 1 aliphatic rings. The van der Waals surface area contributed by atoms with Gasteiger partial charge in [-0.3, -0.25) is 4.79 Å². The van der Waals surface area contributed by atoms with Crippen molar-refractivity contribution < 1.29 is 4.79 Å². The summed E-state index contributed by atoms with van der Waals surface area (Å²) < 4.78 is 0. The van der Waals surface area contributed by atoms with E-state index in [4.69, 9.17) is 5.26 Å². The number of hydrogen-bond acceptors (Lipinski definition) is 2. The van der Waals surface area contributed by atoms with Crippen molar-refractivity contribution in [2.24, 2.45) is 5.92 Å². The van der Waals surface area contributed by atoms with Crippen LogP contribution >= 0.6 is 0 Å². The van der Waals surface area contributed by atoms with E-state index in [1.54, 1.807) is 13.8 Å². The lowest BCUT2D eigenvalue weighted by Gasteiger charge is -2.17. The molecule has 88 valence electrons. The SMILES string of the molecule is CC(C)(C#N)NC(=O)C1CC1c1ccccc1. The fourth-order valence-electron chi connectivity index (χ4n) is 1.98. The molecule has 2 rings (SSSR count). The topological polar surface area (TPSA) is 52.9 Å². The molecule has 1 amide bonds. The Hall–Kier alpha value is -1.82. The highest BCUT2D eigenvalue weighted by Crippen LogP contribution is 2.47. The van der Waals surface area contributed by atoms with Crippen LogP contribution in [0.3, 0.4) is 0 Å². The van der Waals surface area contributed by atoms with Crippen LogP contribution in [-0.4, -0.2) is 11.4 Å². The van der Waals surface area contributed by atoms with E-state index in [0.29, 0.717) is 5.92 Å². The van der Waals surface area contributed by atoms with E-state index in [1.165, 1.54) is 5.56 Å². The molecule has 3 heteroatoms. The first-order valence-electron chi connectivity index (χ1n) is 5.82. The van der Waals surface area contributed by atoms with Crippen LogP contribution in [0.15, 0.2) is 30.3 Å². The second-order valence-electron chi connectivity index (χ2n) is 5.09. The third-order valence-corrected chi connectivity index (χ3v) is 3.07. The molecule has 0 aromatic heterocycles. The molecule has 1 fully saturated rings. The summed E-state index contributed by atoms with van der Waals surface area (Å²) in [7, 11) is 0. The van der Waals surface area contributed by atoms with Crippen molar-refractivity contribution in [1.82, 2.24) is 5.32 Å². The molecule has 0 heterocycles. The quantitative estimate of drug-likeness (QED) is 0.862. The zero-order valence-corrected chi connectivity index (χ0v) is 10.1. The van der Waals surface area contributed by atoms with Crippen molar-refractivity contribution in [3.05, 3.63) is 35.9 Å². The Labute approximate surface area is 101 Å². The molecule has 2 atom stereocenters. The predicted molar refractivity (Wildman–Crippen MR) is 65.1 cm³/mol. The highest BCUT2D eigenvalue weighted by Gasteiger charge is 2.44. The average molecular weight is 228 g/mol. The highest BCUT2D eigenvalue weighted by molar-refractivity contribution is 5.83. The normalized spacial score (nSPS) is 22.6. The van der Waals surface area contributed by atoms with Gasteiger partial charge in [0.25, 0.3) is 0 Å². The minimum Gasteiger partial charge on any atom is -0.338 e. The van der Waals surface area contributed by atoms with Gasteiger partial charge in [-0.05, 0) is 31.7 Å². The number of carbonyl (C=O) groups excluding carboxylic acids is 1. The van der Waals surface area contributed by atoms with Gasteiger partial charge in [-0.2, -0.15) is 5.26 Å².